The Hall–Kier alpha value is -3.42. The number of carbonyl (C=O) groups excluding carboxylic acids is 3. The number of halogens is 1. The minimum Gasteiger partial charge on any atom is -0.505 e. The van der Waals surface area contributed by atoms with E-state index in [1.807, 2.05) is 6.92 Å². The predicted octanol–water partition coefficient (Wildman–Crippen LogP) is 2.68. The predicted molar refractivity (Wildman–Crippen MR) is 107 cm³/mol. The zero-order chi connectivity index (χ0) is 21.5. The molecule has 156 valence electrons. The molecule has 0 aliphatic carbocycles. The van der Waals surface area contributed by atoms with Crippen molar-refractivity contribution in [1.29, 1.82) is 0 Å². The Morgan fingerprint density at radius 1 is 1.20 bits per heavy atom. The van der Waals surface area contributed by atoms with Gasteiger partial charge in [0.2, 0.25) is 5.91 Å². The average Bonchev–Trinajstić information content (AvgIpc) is 3.07. The SMILES string of the molecule is CCC1(N2Cc3c(NCc4cccc(O)c4F)cccc3C2=O)CCC(=O)NC1=O. The number of fused-ring (bicyclic) bond motifs is 1. The van der Waals surface area contributed by atoms with Crippen molar-refractivity contribution in [2.45, 2.75) is 44.8 Å². The molecule has 1 unspecified atom stereocenters. The minimum absolute atomic E-state index is 0.124. The lowest BCUT2D eigenvalue weighted by atomic mass is 9.84. The molecule has 0 bridgehead atoms. The number of nitrogens with one attached hydrogen (secondary N) is 2. The fourth-order valence-electron chi connectivity index (χ4n) is 4.26. The number of aromatic hydroxyl groups is 1. The second-order valence-corrected chi connectivity index (χ2v) is 7.59. The lowest BCUT2D eigenvalue weighted by Gasteiger charge is -2.41. The average molecular weight is 411 g/mol. The van der Waals surface area contributed by atoms with Crippen molar-refractivity contribution < 1.29 is 23.9 Å². The summed E-state index contributed by atoms with van der Waals surface area (Å²) in [6.07, 6.45) is 0.857. The molecule has 0 aromatic heterocycles. The van der Waals surface area contributed by atoms with E-state index in [1.54, 1.807) is 35.2 Å². The van der Waals surface area contributed by atoms with Gasteiger partial charge in [0.25, 0.3) is 11.8 Å². The molecule has 2 aliphatic rings. The third-order valence-electron chi connectivity index (χ3n) is 6.04. The highest BCUT2D eigenvalue weighted by Gasteiger charge is 2.50. The van der Waals surface area contributed by atoms with E-state index in [9.17, 15) is 23.9 Å². The molecule has 2 heterocycles. The number of nitrogens with zero attached hydrogens (tertiary/aromatic N) is 1. The smallest absolute Gasteiger partial charge is 0.255 e. The molecule has 3 amide bonds. The van der Waals surface area contributed by atoms with Crippen LogP contribution in [0.4, 0.5) is 10.1 Å². The van der Waals surface area contributed by atoms with Crippen LogP contribution < -0.4 is 10.6 Å². The van der Waals surface area contributed by atoms with Crippen LogP contribution in [0, 0.1) is 5.82 Å². The molecule has 0 spiro atoms. The number of hydrogen-bond acceptors (Lipinski definition) is 5. The molecule has 2 aromatic carbocycles. The second kappa shape index (κ2) is 7.44. The Morgan fingerprint density at radius 3 is 2.70 bits per heavy atom. The van der Waals surface area contributed by atoms with Crippen molar-refractivity contribution in [2.75, 3.05) is 5.32 Å². The molecule has 3 N–H and O–H groups in total. The number of piperidine rings is 1. The summed E-state index contributed by atoms with van der Waals surface area (Å²) in [6.45, 7) is 2.17. The first-order chi connectivity index (χ1) is 14.4. The summed E-state index contributed by atoms with van der Waals surface area (Å²) in [7, 11) is 0. The molecule has 30 heavy (non-hydrogen) atoms. The molecular weight excluding hydrogens is 389 g/mol. The number of rotatable bonds is 5. The van der Waals surface area contributed by atoms with Crippen molar-refractivity contribution >= 4 is 23.4 Å². The van der Waals surface area contributed by atoms with Crippen molar-refractivity contribution in [3.8, 4) is 5.75 Å². The molecule has 7 nitrogen and oxygen atoms in total. The van der Waals surface area contributed by atoms with Gasteiger partial charge in [0.05, 0.1) is 0 Å². The van der Waals surface area contributed by atoms with Gasteiger partial charge in [-0.15, -0.1) is 0 Å². The first kappa shape index (κ1) is 19.9. The number of phenols is 1. The minimum atomic E-state index is -1.07. The van der Waals surface area contributed by atoms with Crippen LogP contribution in [0.25, 0.3) is 0 Å². The summed E-state index contributed by atoms with van der Waals surface area (Å²) in [6, 6.07) is 9.62. The fraction of sp³-hybridized carbons (Fsp3) is 0.318. The van der Waals surface area contributed by atoms with Gasteiger partial charge < -0.3 is 15.3 Å². The molecule has 0 saturated carbocycles. The summed E-state index contributed by atoms with van der Waals surface area (Å²) in [4.78, 5) is 39.0. The van der Waals surface area contributed by atoms with Crippen LogP contribution in [0.1, 0.15) is 47.7 Å². The van der Waals surface area contributed by atoms with Crippen LogP contribution in [0.15, 0.2) is 36.4 Å². The Morgan fingerprint density at radius 2 is 1.97 bits per heavy atom. The number of imide groups is 1. The molecule has 1 atom stereocenters. The molecule has 2 aliphatic heterocycles. The van der Waals surface area contributed by atoms with Gasteiger partial charge in [0.15, 0.2) is 11.6 Å². The lowest BCUT2D eigenvalue weighted by Crippen LogP contribution is -2.62. The molecule has 4 rings (SSSR count). The van der Waals surface area contributed by atoms with Crippen LogP contribution in [-0.2, 0) is 22.7 Å². The zero-order valence-electron chi connectivity index (χ0n) is 16.5. The standard InChI is InChI=1S/C22H22FN3O4/c1-2-22(10-9-18(28)25-21(22)30)26-12-15-14(20(26)29)6-4-7-16(15)24-11-13-5-3-8-17(27)19(13)23/h3-8,24,27H,2,9-12H2,1H3,(H,25,28,30). The molecular formula is C22H22FN3O4. The number of benzene rings is 2. The third-order valence-corrected chi connectivity index (χ3v) is 6.04. The topological polar surface area (TPSA) is 98.7 Å². The zero-order valence-corrected chi connectivity index (χ0v) is 16.5. The summed E-state index contributed by atoms with van der Waals surface area (Å²) < 4.78 is 14.1. The van der Waals surface area contributed by atoms with Crippen LogP contribution in [-0.4, -0.2) is 33.3 Å². The summed E-state index contributed by atoms with van der Waals surface area (Å²) in [5.41, 5.74) is 1.08. The van der Waals surface area contributed by atoms with E-state index in [2.05, 4.69) is 10.6 Å². The Balaban J connectivity index is 1.61. The quantitative estimate of drug-likeness (QED) is 0.657. The third kappa shape index (κ3) is 3.08. The number of amides is 3. The Labute approximate surface area is 172 Å². The highest BCUT2D eigenvalue weighted by molar-refractivity contribution is 6.08. The van der Waals surface area contributed by atoms with E-state index in [0.29, 0.717) is 23.2 Å². The van der Waals surface area contributed by atoms with E-state index in [0.717, 1.165) is 5.56 Å². The van der Waals surface area contributed by atoms with Crippen molar-refractivity contribution in [2.24, 2.45) is 0 Å². The largest absolute Gasteiger partial charge is 0.505 e. The molecule has 8 heteroatoms. The van der Waals surface area contributed by atoms with Crippen LogP contribution in [0.2, 0.25) is 0 Å². The van der Waals surface area contributed by atoms with E-state index < -0.39 is 23.0 Å². The van der Waals surface area contributed by atoms with Crippen LogP contribution >= 0.6 is 0 Å². The molecule has 2 aromatic rings. The summed E-state index contributed by atoms with van der Waals surface area (Å²) in [5.74, 6) is -2.15. The monoisotopic (exact) mass is 411 g/mol. The molecule has 1 fully saturated rings. The maximum atomic E-state index is 14.1. The molecule has 1 saturated heterocycles. The van der Waals surface area contributed by atoms with E-state index in [-0.39, 0.29) is 37.7 Å². The van der Waals surface area contributed by atoms with Crippen LogP contribution in [0.5, 0.6) is 5.75 Å². The van der Waals surface area contributed by atoms with Crippen molar-refractivity contribution in [3.63, 3.8) is 0 Å². The van der Waals surface area contributed by atoms with Gasteiger partial charge in [0, 0.05) is 41.9 Å². The van der Waals surface area contributed by atoms with Crippen molar-refractivity contribution in [3.05, 3.63) is 58.9 Å². The first-order valence-corrected chi connectivity index (χ1v) is 9.85. The highest BCUT2D eigenvalue weighted by Crippen LogP contribution is 2.39. The second-order valence-electron chi connectivity index (χ2n) is 7.59. The Kier molecular flexibility index (Phi) is 4.93. The number of phenolic OH excluding ortho intramolecular Hbond substituents is 1. The van der Waals surface area contributed by atoms with Gasteiger partial charge in [-0.05, 0) is 31.0 Å². The van der Waals surface area contributed by atoms with Gasteiger partial charge in [0.1, 0.15) is 5.54 Å². The number of hydrogen-bond donors (Lipinski definition) is 3. The van der Waals surface area contributed by atoms with Crippen molar-refractivity contribution in [1.82, 2.24) is 10.2 Å². The first-order valence-electron chi connectivity index (χ1n) is 9.85. The van der Waals surface area contributed by atoms with Gasteiger partial charge in [-0.2, -0.15) is 0 Å². The van der Waals surface area contributed by atoms with Gasteiger partial charge in [-0.1, -0.05) is 25.1 Å². The fourth-order valence-corrected chi connectivity index (χ4v) is 4.26. The maximum Gasteiger partial charge on any atom is 0.255 e. The Bertz CT molecular complexity index is 1050. The van der Waals surface area contributed by atoms with E-state index in [4.69, 9.17) is 0 Å². The van der Waals surface area contributed by atoms with Gasteiger partial charge in [-0.3, -0.25) is 19.7 Å². The summed E-state index contributed by atoms with van der Waals surface area (Å²) in [5, 5.41) is 15.1. The lowest BCUT2D eigenvalue weighted by molar-refractivity contribution is -0.143. The van der Waals surface area contributed by atoms with E-state index >= 15 is 0 Å². The van der Waals surface area contributed by atoms with E-state index in [1.165, 1.54) is 6.07 Å². The maximum absolute atomic E-state index is 14.1. The number of anilines is 1. The number of carbonyl (C=O) groups is 3. The normalized spacial score (nSPS) is 20.9. The van der Waals surface area contributed by atoms with Gasteiger partial charge in [-0.25, -0.2) is 4.39 Å². The summed E-state index contributed by atoms with van der Waals surface area (Å²) >= 11 is 0. The highest BCUT2D eigenvalue weighted by atomic mass is 19.1. The van der Waals surface area contributed by atoms with Crippen LogP contribution in [0.3, 0.4) is 0 Å². The molecule has 0 radical (unpaired) electrons. The van der Waals surface area contributed by atoms with Gasteiger partial charge >= 0.3 is 0 Å².